The number of benzene rings is 1. The average molecular weight is 232 g/mol. The van der Waals surface area contributed by atoms with Crippen LogP contribution in [0.15, 0.2) is 35.4 Å². The van der Waals surface area contributed by atoms with Crippen LogP contribution >= 0.6 is 0 Å². The van der Waals surface area contributed by atoms with E-state index in [1.807, 2.05) is 18.2 Å². The minimum absolute atomic E-state index is 0.176. The summed E-state index contributed by atoms with van der Waals surface area (Å²) in [5.74, 6) is -0.370. The fourth-order valence-electron chi connectivity index (χ4n) is 1.86. The van der Waals surface area contributed by atoms with Crippen LogP contribution in [0.25, 0.3) is 0 Å². The van der Waals surface area contributed by atoms with Gasteiger partial charge in [0, 0.05) is 24.1 Å². The maximum Gasteiger partial charge on any atom is 0.248 e. The van der Waals surface area contributed by atoms with Gasteiger partial charge in [-0.3, -0.25) is 4.79 Å². The zero-order chi connectivity index (χ0) is 12.5. The van der Waals surface area contributed by atoms with Crippen LogP contribution < -0.4 is 0 Å². The van der Waals surface area contributed by atoms with Crippen molar-refractivity contribution < 1.29 is 9.90 Å². The second-order valence-electron chi connectivity index (χ2n) is 4.49. The molecule has 1 heterocycles. The molecule has 1 atom stereocenters. The van der Waals surface area contributed by atoms with E-state index in [0.29, 0.717) is 12.0 Å². The predicted octanol–water partition coefficient (Wildman–Crippen LogP) is 1.71. The second-order valence-corrected chi connectivity index (χ2v) is 4.49. The van der Waals surface area contributed by atoms with Crippen molar-refractivity contribution in [2.75, 3.05) is 0 Å². The first-order valence-corrected chi connectivity index (χ1v) is 5.70. The molecule has 90 valence electrons. The molecule has 0 radical (unpaired) electrons. The van der Waals surface area contributed by atoms with Crippen molar-refractivity contribution >= 4 is 12.1 Å². The van der Waals surface area contributed by atoms with Gasteiger partial charge in [-0.15, -0.1) is 0 Å². The molecule has 1 aromatic rings. The Morgan fingerprint density at radius 2 is 2.06 bits per heavy atom. The van der Waals surface area contributed by atoms with Crippen LogP contribution in [0.4, 0.5) is 0 Å². The Morgan fingerprint density at radius 3 is 2.65 bits per heavy atom. The van der Waals surface area contributed by atoms with Gasteiger partial charge in [-0.2, -0.15) is 10.1 Å². The van der Waals surface area contributed by atoms with Crippen LogP contribution in [0, 0.1) is 5.92 Å². The summed E-state index contributed by atoms with van der Waals surface area (Å²) in [6.07, 6.45) is 1.91. The van der Waals surface area contributed by atoms with Gasteiger partial charge in [0.15, 0.2) is 5.72 Å². The van der Waals surface area contributed by atoms with Crippen LogP contribution in [-0.4, -0.2) is 22.2 Å². The monoisotopic (exact) mass is 232 g/mol. The van der Waals surface area contributed by atoms with E-state index < -0.39 is 5.72 Å². The summed E-state index contributed by atoms with van der Waals surface area (Å²) in [4.78, 5) is 12.0. The van der Waals surface area contributed by atoms with Gasteiger partial charge < -0.3 is 5.11 Å². The number of hydrogen-bond acceptors (Lipinski definition) is 3. The van der Waals surface area contributed by atoms with Crippen LogP contribution in [-0.2, 0) is 10.5 Å². The normalized spacial score (nSPS) is 23.4. The fraction of sp³-hybridized carbons (Fsp3) is 0.385. The lowest BCUT2D eigenvalue weighted by Gasteiger charge is -2.32. The Bertz CT molecular complexity index is 442. The Balaban J connectivity index is 2.35. The molecule has 0 saturated heterocycles. The summed E-state index contributed by atoms with van der Waals surface area (Å²) in [6, 6.07) is 9.15. The Hall–Kier alpha value is -1.68. The minimum Gasteiger partial charge on any atom is -0.365 e. The zero-order valence-electron chi connectivity index (χ0n) is 10.00. The molecular weight excluding hydrogens is 216 g/mol. The fourth-order valence-corrected chi connectivity index (χ4v) is 1.86. The van der Waals surface area contributed by atoms with Gasteiger partial charge >= 0.3 is 0 Å². The standard InChI is InChI=1S/C13H16N2O2/c1-10(2)12(16)15-13(17,8-9-14-15)11-6-4-3-5-7-11/h3-7,9-10,17H,8H2,1-2H3. The van der Waals surface area contributed by atoms with Crippen molar-refractivity contribution in [1.82, 2.24) is 5.01 Å². The Labute approximate surface area is 101 Å². The molecule has 1 N–H and O–H groups in total. The van der Waals surface area contributed by atoms with E-state index in [0.717, 1.165) is 0 Å². The summed E-state index contributed by atoms with van der Waals surface area (Å²) in [5, 5.41) is 15.8. The number of carbonyl (C=O) groups excluding carboxylic acids is 1. The summed E-state index contributed by atoms with van der Waals surface area (Å²) >= 11 is 0. The van der Waals surface area contributed by atoms with Crippen molar-refractivity contribution in [3.63, 3.8) is 0 Å². The molecule has 1 aliphatic heterocycles. The maximum atomic E-state index is 12.0. The third-order valence-electron chi connectivity index (χ3n) is 2.86. The van der Waals surface area contributed by atoms with Gasteiger partial charge in [0.2, 0.25) is 5.91 Å². The van der Waals surface area contributed by atoms with Gasteiger partial charge in [0.05, 0.1) is 0 Å². The van der Waals surface area contributed by atoms with E-state index in [4.69, 9.17) is 0 Å². The summed E-state index contributed by atoms with van der Waals surface area (Å²) in [5.41, 5.74) is -0.644. The molecule has 0 bridgehead atoms. The second kappa shape index (κ2) is 4.30. The SMILES string of the molecule is CC(C)C(=O)N1N=CCC1(O)c1ccccc1. The van der Waals surface area contributed by atoms with E-state index in [1.165, 1.54) is 5.01 Å². The van der Waals surface area contributed by atoms with Gasteiger partial charge in [0.1, 0.15) is 0 Å². The quantitative estimate of drug-likeness (QED) is 0.843. The zero-order valence-corrected chi connectivity index (χ0v) is 10.00. The van der Waals surface area contributed by atoms with Gasteiger partial charge in [0.25, 0.3) is 0 Å². The van der Waals surface area contributed by atoms with Crippen LogP contribution in [0.1, 0.15) is 25.8 Å². The van der Waals surface area contributed by atoms with Crippen molar-refractivity contribution in [3.05, 3.63) is 35.9 Å². The molecule has 1 amide bonds. The molecule has 0 aromatic heterocycles. The number of aliphatic hydroxyl groups is 1. The highest BCUT2D eigenvalue weighted by Crippen LogP contribution is 2.33. The lowest BCUT2D eigenvalue weighted by Crippen LogP contribution is -2.45. The number of hydrazone groups is 1. The first kappa shape index (κ1) is 11.8. The van der Waals surface area contributed by atoms with Crippen molar-refractivity contribution in [3.8, 4) is 0 Å². The van der Waals surface area contributed by atoms with Gasteiger partial charge in [-0.1, -0.05) is 44.2 Å². The molecule has 0 saturated carbocycles. The first-order valence-electron chi connectivity index (χ1n) is 5.70. The topological polar surface area (TPSA) is 52.9 Å². The van der Waals surface area contributed by atoms with Gasteiger partial charge in [-0.25, -0.2) is 0 Å². The molecule has 1 aliphatic rings. The molecular formula is C13H16N2O2. The number of amides is 1. The number of hydrogen-bond donors (Lipinski definition) is 1. The molecule has 4 heteroatoms. The molecule has 4 nitrogen and oxygen atoms in total. The lowest BCUT2D eigenvalue weighted by atomic mass is 9.99. The van der Waals surface area contributed by atoms with Crippen LogP contribution in [0.5, 0.6) is 0 Å². The number of rotatable bonds is 2. The van der Waals surface area contributed by atoms with E-state index in [1.54, 1.807) is 32.2 Å². The molecule has 2 rings (SSSR count). The van der Waals surface area contributed by atoms with Crippen molar-refractivity contribution in [2.45, 2.75) is 26.0 Å². The minimum atomic E-state index is -1.33. The summed E-state index contributed by atoms with van der Waals surface area (Å²) < 4.78 is 0. The van der Waals surface area contributed by atoms with Gasteiger partial charge in [-0.05, 0) is 0 Å². The van der Waals surface area contributed by atoms with Crippen LogP contribution in [0.3, 0.4) is 0 Å². The number of carbonyl (C=O) groups is 1. The summed E-state index contributed by atoms with van der Waals surface area (Å²) in [7, 11) is 0. The van der Waals surface area contributed by atoms with Crippen molar-refractivity contribution in [2.24, 2.45) is 11.0 Å². The third kappa shape index (κ3) is 1.96. The highest BCUT2D eigenvalue weighted by atomic mass is 16.3. The average Bonchev–Trinajstić information content (AvgIpc) is 2.72. The van der Waals surface area contributed by atoms with E-state index in [-0.39, 0.29) is 11.8 Å². The summed E-state index contributed by atoms with van der Waals surface area (Å²) in [6.45, 7) is 3.59. The number of nitrogens with zero attached hydrogens (tertiary/aromatic N) is 2. The highest BCUT2D eigenvalue weighted by Gasteiger charge is 2.42. The predicted molar refractivity (Wildman–Crippen MR) is 65.1 cm³/mol. The molecule has 1 unspecified atom stereocenters. The van der Waals surface area contributed by atoms with E-state index in [2.05, 4.69) is 5.10 Å². The molecule has 1 aromatic carbocycles. The largest absolute Gasteiger partial charge is 0.365 e. The smallest absolute Gasteiger partial charge is 0.248 e. The Kier molecular flexibility index (Phi) is 2.98. The van der Waals surface area contributed by atoms with E-state index >= 15 is 0 Å². The molecule has 17 heavy (non-hydrogen) atoms. The van der Waals surface area contributed by atoms with Crippen molar-refractivity contribution in [1.29, 1.82) is 0 Å². The van der Waals surface area contributed by atoms with E-state index in [9.17, 15) is 9.90 Å². The Morgan fingerprint density at radius 1 is 1.41 bits per heavy atom. The molecule has 0 aliphatic carbocycles. The maximum absolute atomic E-state index is 12.0. The van der Waals surface area contributed by atoms with Crippen LogP contribution in [0.2, 0.25) is 0 Å². The first-order chi connectivity index (χ1) is 8.05. The highest BCUT2D eigenvalue weighted by molar-refractivity contribution is 5.81. The lowest BCUT2D eigenvalue weighted by molar-refractivity contribution is -0.161. The molecule has 0 spiro atoms. The molecule has 0 fully saturated rings. The third-order valence-corrected chi connectivity index (χ3v) is 2.86.